The van der Waals surface area contributed by atoms with Crippen molar-refractivity contribution in [3.8, 4) is 0 Å². The largest absolute Gasteiger partial charge is 0.385 e. The van der Waals surface area contributed by atoms with E-state index in [1.54, 1.807) is 18.2 Å². The maximum absolute atomic E-state index is 13.3. The normalized spacial score (nSPS) is 20.2. The van der Waals surface area contributed by atoms with Gasteiger partial charge in [-0.05, 0) is 12.5 Å². The molecule has 1 aliphatic rings. The highest BCUT2D eigenvalue weighted by atomic mass is 35.5. The summed E-state index contributed by atoms with van der Waals surface area (Å²) < 4.78 is 27.6. The maximum Gasteiger partial charge on any atom is 0.343 e. The molecule has 0 spiro atoms. The fraction of sp³-hybridized carbons (Fsp3) is 0.385. The van der Waals surface area contributed by atoms with Gasteiger partial charge in [0, 0.05) is 5.57 Å². The summed E-state index contributed by atoms with van der Waals surface area (Å²) in [6, 6.07) is 0. The zero-order chi connectivity index (χ0) is 15.6. The number of aliphatic hydroxyl groups is 1. The van der Waals surface area contributed by atoms with Gasteiger partial charge in [-0.3, -0.25) is 4.57 Å². The number of nitrogens with one attached hydrogen (secondary N) is 1. The third-order valence-corrected chi connectivity index (χ3v) is 3.46. The highest BCUT2D eigenvalue weighted by molar-refractivity contribution is 6.22. The number of H-pyrrole nitrogens is 1. The Morgan fingerprint density at radius 3 is 3.00 bits per heavy atom. The molecule has 0 saturated carbocycles. The predicted octanol–water partition coefficient (Wildman–Crippen LogP) is 1.70. The second-order valence-electron chi connectivity index (χ2n) is 4.63. The number of aliphatic hydroxyl groups excluding tert-OH is 1. The van der Waals surface area contributed by atoms with Crippen LogP contribution in [0.5, 0.6) is 0 Å². The quantitative estimate of drug-likeness (QED) is 0.641. The van der Waals surface area contributed by atoms with Gasteiger partial charge in [0.05, 0.1) is 11.9 Å². The van der Waals surface area contributed by atoms with Crippen molar-refractivity contribution < 1.29 is 13.9 Å². The lowest BCUT2D eigenvalue weighted by Gasteiger charge is -2.20. The number of rotatable bonds is 5. The lowest BCUT2D eigenvalue weighted by molar-refractivity contribution is -0.0763. The van der Waals surface area contributed by atoms with E-state index in [4.69, 9.17) is 11.6 Å². The van der Waals surface area contributed by atoms with Gasteiger partial charge in [0.15, 0.2) is 5.82 Å². The number of hydrogen-bond acceptors (Lipinski definition) is 3. The Morgan fingerprint density at radius 2 is 2.43 bits per heavy atom. The molecule has 0 aromatic carbocycles. The first-order valence-corrected chi connectivity index (χ1v) is 6.66. The van der Waals surface area contributed by atoms with Gasteiger partial charge in [0.1, 0.15) is 6.10 Å². The van der Waals surface area contributed by atoms with Crippen LogP contribution >= 0.6 is 11.6 Å². The Kier molecular flexibility index (Phi) is 4.43. The smallest absolute Gasteiger partial charge is 0.343 e. The minimum Gasteiger partial charge on any atom is -0.385 e. The molecule has 1 aromatic rings. The van der Waals surface area contributed by atoms with Gasteiger partial charge < -0.3 is 5.11 Å². The first-order valence-electron chi connectivity index (χ1n) is 6.22. The fourth-order valence-electron chi connectivity index (χ4n) is 1.90. The standard InChI is InChI=1S/C13H14ClF2N3O2/c1-2-13(15,16)10(20)7-19-11(17-18-12(19)21)8-3-5-9(14)6-4-8/h2-5,9-10,20H,1,6-7H2,(H,18,21). The molecule has 0 saturated heterocycles. The van der Waals surface area contributed by atoms with Gasteiger partial charge in [-0.15, -0.1) is 11.6 Å². The lowest BCUT2D eigenvalue weighted by Crippen LogP contribution is -2.38. The molecule has 2 N–H and O–H groups in total. The number of nitrogens with zero attached hydrogens (tertiary/aromatic N) is 2. The molecule has 5 nitrogen and oxygen atoms in total. The molecule has 1 aliphatic carbocycles. The highest BCUT2D eigenvalue weighted by Gasteiger charge is 2.36. The topological polar surface area (TPSA) is 70.9 Å². The predicted molar refractivity (Wildman–Crippen MR) is 75.4 cm³/mol. The maximum atomic E-state index is 13.3. The summed E-state index contributed by atoms with van der Waals surface area (Å²) in [4.78, 5) is 11.7. The highest BCUT2D eigenvalue weighted by Crippen LogP contribution is 2.24. The van der Waals surface area contributed by atoms with Gasteiger partial charge in [0.2, 0.25) is 0 Å². The van der Waals surface area contributed by atoms with Crippen LogP contribution in [0.15, 0.2) is 35.7 Å². The van der Waals surface area contributed by atoms with Gasteiger partial charge in [-0.1, -0.05) is 24.8 Å². The number of aromatic amines is 1. The van der Waals surface area contributed by atoms with Crippen molar-refractivity contribution in [1.82, 2.24) is 14.8 Å². The molecule has 0 aliphatic heterocycles. The number of aromatic nitrogens is 3. The van der Waals surface area contributed by atoms with Crippen LogP contribution in [0.4, 0.5) is 8.78 Å². The van der Waals surface area contributed by atoms with Crippen LogP contribution in [0.2, 0.25) is 0 Å². The third-order valence-electron chi connectivity index (χ3n) is 3.14. The first-order chi connectivity index (χ1) is 9.85. The van der Waals surface area contributed by atoms with Crippen LogP contribution < -0.4 is 5.69 Å². The number of hydrogen-bond donors (Lipinski definition) is 2. The van der Waals surface area contributed by atoms with Gasteiger partial charge in [-0.25, -0.2) is 9.89 Å². The third kappa shape index (κ3) is 3.30. The molecule has 1 aromatic heterocycles. The van der Waals surface area contributed by atoms with E-state index in [0.717, 1.165) is 4.57 Å². The zero-order valence-electron chi connectivity index (χ0n) is 11.0. The van der Waals surface area contributed by atoms with Gasteiger partial charge in [0.25, 0.3) is 5.92 Å². The van der Waals surface area contributed by atoms with Crippen molar-refractivity contribution in [3.05, 3.63) is 47.2 Å². The Hall–Kier alpha value is -1.73. The molecule has 2 rings (SSSR count). The minimum atomic E-state index is -3.49. The van der Waals surface area contributed by atoms with Crippen molar-refractivity contribution in [1.29, 1.82) is 0 Å². The summed E-state index contributed by atoms with van der Waals surface area (Å²) >= 11 is 5.90. The summed E-state index contributed by atoms with van der Waals surface area (Å²) in [5.41, 5.74) is -0.0921. The Labute approximate surface area is 124 Å². The van der Waals surface area contributed by atoms with Crippen LogP contribution in [-0.2, 0) is 6.54 Å². The molecule has 0 radical (unpaired) electrons. The van der Waals surface area contributed by atoms with Crippen molar-refractivity contribution in [3.63, 3.8) is 0 Å². The van der Waals surface area contributed by atoms with Crippen LogP contribution in [0.1, 0.15) is 12.2 Å². The second kappa shape index (κ2) is 5.95. The molecule has 2 atom stereocenters. The molecular weight excluding hydrogens is 304 g/mol. The molecule has 114 valence electrons. The minimum absolute atomic E-state index is 0.149. The lowest BCUT2D eigenvalue weighted by atomic mass is 10.1. The van der Waals surface area contributed by atoms with Crippen molar-refractivity contribution >= 4 is 17.2 Å². The summed E-state index contributed by atoms with van der Waals surface area (Å²) in [5, 5.41) is 15.4. The van der Waals surface area contributed by atoms with E-state index in [9.17, 15) is 18.7 Å². The molecule has 0 amide bonds. The monoisotopic (exact) mass is 317 g/mol. The van der Waals surface area contributed by atoms with E-state index in [0.29, 0.717) is 18.1 Å². The van der Waals surface area contributed by atoms with Crippen LogP contribution in [0, 0.1) is 0 Å². The summed E-state index contributed by atoms with van der Waals surface area (Å²) in [5.74, 6) is -3.31. The van der Waals surface area contributed by atoms with E-state index in [2.05, 4.69) is 16.8 Å². The molecular formula is C13H14ClF2N3O2. The second-order valence-corrected chi connectivity index (χ2v) is 5.19. The Bertz CT molecular complexity index is 648. The number of allylic oxidation sites excluding steroid dienone is 4. The molecule has 1 heterocycles. The summed E-state index contributed by atoms with van der Waals surface area (Å²) in [6.45, 7) is 2.37. The molecule has 21 heavy (non-hydrogen) atoms. The van der Waals surface area contributed by atoms with Gasteiger partial charge >= 0.3 is 5.69 Å². The fourth-order valence-corrected chi connectivity index (χ4v) is 2.06. The van der Waals surface area contributed by atoms with Crippen molar-refractivity contribution in [2.75, 3.05) is 0 Å². The van der Waals surface area contributed by atoms with Crippen LogP contribution in [-0.4, -0.2) is 37.3 Å². The van der Waals surface area contributed by atoms with E-state index < -0.39 is 24.3 Å². The average Bonchev–Trinajstić information content (AvgIpc) is 2.81. The van der Waals surface area contributed by atoms with Gasteiger partial charge in [-0.2, -0.15) is 13.9 Å². The average molecular weight is 318 g/mol. The van der Waals surface area contributed by atoms with E-state index in [1.165, 1.54) is 0 Å². The SMILES string of the molecule is C=CC(F)(F)C(O)Cn1c(C2=CCC(Cl)C=C2)n[nH]c1=O. The van der Waals surface area contributed by atoms with E-state index in [1.807, 2.05) is 0 Å². The first kappa shape index (κ1) is 15.7. The molecule has 2 unspecified atom stereocenters. The zero-order valence-corrected chi connectivity index (χ0v) is 11.7. The van der Waals surface area contributed by atoms with Crippen molar-refractivity contribution in [2.45, 2.75) is 30.4 Å². The number of alkyl halides is 3. The van der Waals surface area contributed by atoms with E-state index in [-0.39, 0.29) is 11.2 Å². The van der Waals surface area contributed by atoms with Crippen molar-refractivity contribution in [2.24, 2.45) is 0 Å². The molecule has 0 bridgehead atoms. The number of halogens is 3. The Balaban J connectivity index is 2.30. The molecule has 8 heteroatoms. The summed E-state index contributed by atoms with van der Waals surface area (Å²) in [6.07, 6.45) is 3.94. The van der Waals surface area contributed by atoms with Crippen LogP contribution in [0.3, 0.4) is 0 Å². The van der Waals surface area contributed by atoms with Crippen LogP contribution in [0.25, 0.3) is 5.57 Å². The molecule has 0 fully saturated rings. The summed E-state index contributed by atoms with van der Waals surface area (Å²) in [7, 11) is 0. The Morgan fingerprint density at radius 1 is 1.71 bits per heavy atom. The van der Waals surface area contributed by atoms with E-state index >= 15 is 0 Å².